The van der Waals surface area contributed by atoms with Crippen LogP contribution in [0.2, 0.25) is 0 Å². The Kier molecular flexibility index (Phi) is 3.57. The van der Waals surface area contributed by atoms with Crippen molar-refractivity contribution in [1.29, 1.82) is 0 Å². The van der Waals surface area contributed by atoms with Gasteiger partial charge in [-0.3, -0.25) is 9.71 Å². The highest BCUT2D eigenvalue weighted by atomic mass is 32.2. The van der Waals surface area contributed by atoms with Crippen molar-refractivity contribution in [3.8, 4) is 0 Å². The van der Waals surface area contributed by atoms with E-state index in [9.17, 15) is 12.8 Å². The van der Waals surface area contributed by atoms with Gasteiger partial charge in [-0.25, -0.2) is 12.8 Å². The number of aromatic nitrogens is 1. The van der Waals surface area contributed by atoms with Gasteiger partial charge in [0.2, 0.25) is 10.0 Å². The SMILES string of the molecule is O=S(=O)(Cc1ccc(F)cc1)Nc1cccnc1. The molecule has 1 N–H and O–H groups in total. The van der Waals surface area contributed by atoms with Gasteiger partial charge in [0.05, 0.1) is 17.6 Å². The zero-order valence-electron chi connectivity index (χ0n) is 9.38. The molecule has 18 heavy (non-hydrogen) atoms. The van der Waals surface area contributed by atoms with Gasteiger partial charge in [-0.05, 0) is 29.8 Å². The molecule has 1 aromatic carbocycles. The van der Waals surface area contributed by atoms with Crippen LogP contribution in [0.25, 0.3) is 0 Å². The Morgan fingerprint density at radius 2 is 1.89 bits per heavy atom. The molecule has 0 spiro atoms. The topological polar surface area (TPSA) is 59.1 Å². The average molecular weight is 266 g/mol. The van der Waals surface area contributed by atoms with Crippen molar-refractivity contribution in [2.24, 2.45) is 0 Å². The van der Waals surface area contributed by atoms with Crippen LogP contribution in [-0.4, -0.2) is 13.4 Å². The number of halogens is 1. The van der Waals surface area contributed by atoms with E-state index in [1.54, 1.807) is 18.3 Å². The number of pyridine rings is 1. The first-order valence-electron chi connectivity index (χ1n) is 5.20. The van der Waals surface area contributed by atoms with Gasteiger partial charge in [-0.1, -0.05) is 12.1 Å². The first-order valence-corrected chi connectivity index (χ1v) is 6.85. The predicted octanol–water partition coefficient (Wildman–Crippen LogP) is 2.16. The third kappa shape index (κ3) is 3.53. The van der Waals surface area contributed by atoms with Crippen LogP contribution in [0.1, 0.15) is 5.56 Å². The lowest BCUT2D eigenvalue weighted by molar-refractivity contribution is 0.600. The van der Waals surface area contributed by atoms with Gasteiger partial charge >= 0.3 is 0 Å². The third-order valence-electron chi connectivity index (χ3n) is 2.20. The summed E-state index contributed by atoms with van der Waals surface area (Å²) in [7, 11) is -3.51. The highest BCUT2D eigenvalue weighted by molar-refractivity contribution is 7.91. The second-order valence-corrected chi connectivity index (χ2v) is 5.45. The number of anilines is 1. The van der Waals surface area contributed by atoms with Crippen molar-refractivity contribution >= 4 is 15.7 Å². The molecule has 0 atom stereocenters. The number of benzene rings is 1. The molecular weight excluding hydrogens is 255 g/mol. The summed E-state index contributed by atoms with van der Waals surface area (Å²) in [6.07, 6.45) is 2.97. The van der Waals surface area contributed by atoms with Gasteiger partial charge in [0.15, 0.2) is 0 Å². The third-order valence-corrected chi connectivity index (χ3v) is 3.46. The summed E-state index contributed by atoms with van der Waals surface area (Å²) in [5.41, 5.74) is 0.924. The molecule has 1 aromatic heterocycles. The quantitative estimate of drug-likeness (QED) is 0.922. The predicted molar refractivity (Wildman–Crippen MR) is 66.9 cm³/mol. The van der Waals surface area contributed by atoms with E-state index in [2.05, 4.69) is 9.71 Å². The molecule has 0 amide bonds. The van der Waals surface area contributed by atoms with Crippen molar-refractivity contribution in [2.45, 2.75) is 5.75 Å². The van der Waals surface area contributed by atoms with Crippen molar-refractivity contribution in [3.05, 3.63) is 60.2 Å². The van der Waals surface area contributed by atoms with E-state index in [1.165, 1.54) is 30.5 Å². The van der Waals surface area contributed by atoms with Crippen molar-refractivity contribution < 1.29 is 12.8 Å². The fourth-order valence-electron chi connectivity index (χ4n) is 1.44. The summed E-state index contributed by atoms with van der Waals surface area (Å²) in [6, 6.07) is 8.59. The maximum atomic E-state index is 12.7. The standard InChI is InChI=1S/C12H11FN2O2S/c13-11-5-3-10(4-6-11)9-18(16,17)15-12-2-1-7-14-8-12/h1-8,15H,9H2. The Morgan fingerprint density at radius 3 is 2.50 bits per heavy atom. The highest BCUT2D eigenvalue weighted by Crippen LogP contribution is 2.11. The smallest absolute Gasteiger partial charge is 0.236 e. The fraction of sp³-hybridized carbons (Fsp3) is 0.0833. The fourth-order valence-corrected chi connectivity index (χ4v) is 2.62. The summed E-state index contributed by atoms with van der Waals surface area (Å²) in [6.45, 7) is 0. The van der Waals surface area contributed by atoms with Crippen molar-refractivity contribution in [1.82, 2.24) is 4.98 Å². The van der Waals surface area contributed by atoms with Gasteiger partial charge in [-0.2, -0.15) is 0 Å². The summed E-state index contributed by atoms with van der Waals surface area (Å²) < 4.78 is 38.7. The second-order valence-electron chi connectivity index (χ2n) is 3.73. The molecule has 1 heterocycles. The lowest BCUT2D eigenvalue weighted by atomic mass is 10.2. The maximum absolute atomic E-state index is 12.7. The molecule has 0 unspecified atom stereocenters. The van der Waals surface area contributed by atoms with Gasteiger partial charge in [0.1, 0.15) is 5.82 Å². The lowest BCUT2D eigenvalue weighted by Gasteiger charge is -2.07. The van der Waals surface area contributed by atoms with Crippen molar-refractivity contribution in [3.63, 3.8) is 0 Å². The average Bonchev–Trinajstić information content (AvgIpc) is 2.32. The summed E-state index contributed by atoms with van der Waals surface area (Å²) in [5.74, 6) is -0.598. The lowest BCUT2D eigenvalue weighted by Crippen LogP contribution is -2.15. The molecular formula is C12H11FN2O2S. The van der Waals surface area contributed by atoms with Gasteiger partial charge in [0.25, 0.3) is 0 Å². The van der Waals surface area contributed by atoms with E-state index in [0.29, 0.717) is 11.3 Å². The van der Waals surface area contributed by atoms with Crippen LogP contribution in [0.3, 0.4) is 0 Å². The van der Waals surface area contributed by atoms with Crippen LogP contribution in [0.15, 0.2) is 48.8 Å². The molecule has 0 fully saturated rings. The van der Waals surface area contributed by atoms with Gasteiger partial charge in [0, 0.05) is 6.20 Å². The monoisotopic (exact) mass is 266 g/mol. The molecule has 6 heteroatoms. The Bertz CT molecular complexity index is 612. The van der Waals surface area contributed by atoms with Crippen LogP contribution in [0, 0.1) is 5.82 Å². The van der Waals surface area contributed by atoms with Crippen LogP contribution in [0.5, 0.6) is 0 Å². The van der Waals surface area contributed by atoms with Crippen LogP contribution >= 0.6 is 0 Å². The molecule has 94 valence electrons. The van der Waals surface area contributed by atoms with Gasteiger partial charge in [-0.15, -0.1) is 0 Å². The molecule has 0 aliphatic heterocycles. The van der Waals surface area contributed by atoms with E-state index < -0.39 is 15.8 Å². The van der Waals surface area contributed by atoms with E-state index in [4.69, 9.17) is 0 Å². The van der Waals surface area contributed by atoms with Gasteiger partial charge < -0.3 is 0 Å². The van der Waals surface area contributed by atoms with Crippen LogP contribution < -0.4 is 4.72 Å². The number of hydrogen-bond acceptors (Lipinski definition) is 3. The molecule has 0 saturated carbocycles. The van der Waals surface area contributed by atoms with E-state index in [1.807, 2.05) is 0 Å². The van der Waals surface area contributed by atoms with E-state index in [0.717, 1.165) is 0 Å². The molecule has 0 radical (unpaired) electrons. The minimum absolute atomic E-state index is 0.206. The number of nitrogens with one attached hydrogen (secondary N) is 1. The first kappa shape index (κ1) is 12.5. The zero-order valence-corrected chi connectivity index (χ0v) is 10.2. The molecule has 0 aliphatic rings. The van der Waals surface area contributed by atoms with E-state index in [-0.39, 0.29) is 5.75 Å². The Morgan fingerprint density at radius 1 is 1.17 bits per heavy atom. The number of rotatable bonds is 4. The Balaban J connectivity index is 2.10. The normalized spacial score (nSPS) is 11.2. The number of nitrogens with zero attached hydrogens (tertiary/aromatic N) is 1. The molecule has 0 saturated heterocycles. The Hall–Kier alpha value is -1.95. The number of sulfonamides is 1. The molecule has 2 aromatic rings. The maximum Gasteiger partial charge on any atom is 0.236 e. The largest absolute Gasteiger partial charge is 0.282 e. The zero-order chi connectivity index (χ0) is 13.0. The minimum atomic E-state index is -3.51. The summed E-state index contributed by atoms with van der Waals surface area (Å²) >= 11 is 0. The van der Waals surface area contributed by atoms with Crippen LogP contribution in [0.4, 0.5) is 10.1 Å². The van der Waals surface area contributed by atoms with Crippen LogP contribution in [-0.2, 0) is 15.8 Å². The summed E-state index contributed by atoms with van der Waals surface area (Å²) in [4.78, 5) is 3.81. The highest BCUT2D eigenvalue weighted by Gasteiger charge is 2.11. The van der Waals surface area contributed by atoms with E-state index >= 15 is 0 Å². The first-order chi connectivity index (χ1) is 8.55. The second kappa shape index (κ2) is 5.14. The molecule has 4 nitrogen and oxygen atoms in total. The minimum Gasteiger partial charge on any atom is -0.282 e. The molecule has 0 aliphatic carbocycles. The van der Waals surface area contributed by atoms with Crippen molar-refractivity contribution in [2.75, 3.05) is 4.72 Å². The molecule has 2 rings (SSSR count). The molecule has 0 bridgehead atoms. The Labute approximate surface area is 105 Å². The number of hydrogen-bond donors (Lipinski definition) is 1. The summed E-state index contributed by atoms with van der Waals surface area (Å²) in [5, 5.41) is 0.